The average molecular weight is 328 g/mol. The fourth-order valence-corrected chi connectivity index (χ4v) is 2.26. The highest BCUT2D eigenvalue weighted by atomic mass is 79.9. The summed E-state index contributed by atoms with van der Waals surface area (Å²) in [7, 11) is 0. The van der Waals surface area contributed by atoms with Crippen molar-refractivity contribution in [3.63, 3.8) is 0 Å². The van der Waals surface area contributed by atoms with Gasteiger partial charge in [0.05, 0.1) is 15.9 Å². The summed E-state index contributed by atoms with van der Waals surface area (Å²) in [4.78, 5) is 4.36. The van der Waals surface area contributed by atoms with Crippen molar-refractivity contribution in [2.45, 2.75) is 13.2 Å². The molecule has 1 heterocycles. The summed E-state index contributed by atoms with van der Waals surface area (Å²) in [6.07, 6.45) is 0. The van der Waals surface area contributed by atoms with Gasteiger partial charge in [-0.3, -0.25) is 4.98 Å². The van der Waals surface area contributed by atoms with E-state index in [0.29, 0.717) is 18.2 Å². The minimum absolute atomic E-state index is 0.397. The predicted molar refractivity (Wildman–Crippen MR) is 75.6 cm³/mol. The number of rotatable bonds is 4. The standard InChI is InChI=1S/C13H12BrClN2O/c14-12-6-9(15)4-5-13(12)18-8-11-3-1-2-10(7-16)17-11/h1-6H,7-8,16H2. The number of nitrogens with zero attached hydrogens (tertiary/aromatic N) is 1. The van der Waals surface area contributed by atoms with E-state index in [0.717, 1.165) is 21.6 Å². The van der Waals surface area contributed by atoms with E-state index in [-0.39, 0.29) is 0 Å². The first-order valence-corrected chi connectivity index (χ1v) is 6.59. The number of pyridine rings is 1. The molecule has 5 heteroatoms. The normalized spacial score (nSPS) is 10.4. The highest BCUT2D eigenvalue weighted by Crippen LogP contribution is 2.28. The van der Waals surface area contributed by atoms with E-state index < -0.39 is 0 Å². The fourth-order valence-electron chi connectivity index (χ4n) is 1.47. The van der Waals surface area contributed by atoms with E-state index in [2.05, 4.69) is 20.9 Å². The molecule has 1 aromatic heterocycles. The molecule has 0 saturated carbocycles. The summed E-state index contributed by atoms with van der Waals surface area (Å²) < 4.78 is 6.49. The van der Waals surface area contributed by atoms with E-state index >= 15 is 0 Å². The second kappa shape index (κ2) is 6.18. The third kappa shape index (κ3) is 3.45. The summed E-state index contributed by atoms with van der Waals surface area (Å²) in [5, 5.41) is 0.664. The Labute approximate surface area is 119 Å². The van der Waals surface area contributed by atoms with Gasteiger partial charge in [0.2, 0.25) is 0 Å². The molecule has 0 spiro atoms. The highest BCUT2D eigenvalue weighted by molar-refractivity contribution is 9.10. The van der Waals surface area contributed by atoms with Crippen molar-refractivity contribution >= 4 is 27.5 Å². The molecule has 2 N–H and O–H groups in total. The molecule has 94 valence electrons. The molecule has 0 aliphatic heterocycles. The van der Waals surface area contributed by atoms with Crippen LogP contribution in [0.25, 0.3) is 0 Å². The summed E-state index contributed by atoms with van der Waals surface area (Å²) in [6.45, 7) is 0.826. The van der Waals surface area contributed by atoms with Crippen molar-refractivity contribution in [2.75, 3.05) is 0 Å². The molecule has 0 fully saturated rings. The molecular weight excluding hydrogens is 316 g/mol. The van der Waals surface area contributed by atoms with Gasteiger partial charge in [-0.25, -0.2) is 0 Å². The number of hydrogen-bond acceptors (Lipinski definition) is 3. The maximum atomic E-state index is 5.86. The van der Waals surface area contributed by atoms with Crippen LogP contribution in [-0.4, -0.2) is 4.98 Å². The van der Waals surface area contributed by atoms with Crippen LogP contribution in [0.15, 0.2) is 40.9 Å². The minimum Gasteiger partial charge on any atom is -0.486 e. The zero-order chi connectivity index (χ0) is 13.0. The van der Waals surface area contributed by atoms with Crippen LogP contribution in [0.1, 0.15) is 11.4 Å². The molecule has 0 unspecified atom stereocenters. The molecule has 0 bridgehead atoms. The molecule has 1 aromatic carbocycles. The highest BCUT2D eigenvalue weighted by Gasteiger charge is 2.03. The van der Waals surface area contributed by atoms with Gasteiger partial charge in [-0.2, -0.15) is 0 Å². The van der Waals surface area contributed by atoms with Crippen molar-refractivity contribution < 1.29 is 4.74 Å². The molecule has 0 aliphatic rings. The smallest absolute Gasteiger partial charge is 0.134 e. The lowest BCUT2D eigenvalue weighted by Gasteiger charge is -2.08. The molecule has 2 rings (SSSR count). The molecule has 0 atom stereocenters. The van der Waals surface area contributed by atoms with Crippen LogP contribution in [-0.2, 0) is 13.2 Å². The second-order valence-corrected chi connectivity index (χ2v) is 4.98. The number of halogens is 2. The molecule has 0 radical (unpaired) electrons. The van der Waals surface area contributed by atoms with Gasteiger partial charge < -0.3 is 10.5 Å². The first-order chi connectivity index (χ1) is 8.69. The molecular formula is C13H12BrClN2O. The number of hydrogen-bond donors (Lipinski definition) is 1. The molecule has 18 heavy (non-hydrogen) atoms. The molecule has 0 saturated heterocycles. The van der Waals surface area contributed by atoms with Crippen LogP contribution < -0.4 is 10.5 Å². The quantitative estimate of drug-likeness (QED) is 0.934. The van der Waals surface area contributed by atoms with Crippen molar-refractivity contribution in [1.82, 2.24) is 4.98 Å². The Morgan fingerprint density at radius 1 is 1.22 bits per heavy atom. The maximum absolute atomic E-state index is 5.86. The van der Waals surface area contributed by atoms with E-state index in [1.54, 1.807) is 12.1 Å². The van der Waals surface area contributed by atoms with Crippen LogP contribution in [0.2, 0.25) is 5.02 Å². The van der Waals surface area contributed by atoms with Gasteiger partial charge in [0, 0.05) is 11.6 Å². The first kappa shape index (κ1) is 13.3. The number of nitrogens with two attached hydrogens (primary N) is 1. The van der Waals surface area contributed by atoms with Gasteiger partial charge in [-0.05, 0) is 46.3 Å². The van der Waals surface area contributed by atoms with Crippen LogP contribution in [0.4, 0.5) is 0 Å². The second-order valence-electron chi connectivity index (χ2n) is 3.69. The van der Waals surface area contributed by atoms with E-state index in [1.807, 2.05) is 24.3 Å². The van der Waals surface area contributed by atoms with Crippen molar-refractivity contribution in [3.8, 4) is 5.75 Å². The first-order valence-electron chi connectivity index (χ1n) is 5.42. The third-order valence-corrected chi connectivity index (χ3v) is 3.20. The van der Waals surface area contributed by atoms with E-state index in [9.17, 15) is 0 Å². The van der Waals surface area contributed by atoms with Crippen LogP contribution in [0.3, 0.4) is 0 Å². The molecule has 0 aliphatic carbocycles. The van der Waals surface area contributed by atoms with Crippen molar-refractivity contribution in [1.29, 1.82) is 0 Å². The minimum atomic E-state index is 0.397. The van der Waals surface area contributed by atoms with Gasteiger partial charge in [0.25, 0.3) is 0 Å². The SMILES string of the molecule is NCc1cccc(COc2ccc(Cl)cc2Br)n1. The topological polar surface area (TPSA) is 48.1 Å². The molecule has 3 nitrogen and oxygen atoms in total. The summed E-state index contributed by atoms with van der Waals surface area (Å²) >= 11 is 9.26. The van der Waals surface area contributed by atoms with Crippen LogP contribution in [0.5, 0.6) is 5.75 Å². The fraction of sp³-hybridized carbons (Fsp3) is 0.154. The lowest BCUT2D eigenvalue weighted by molar-refractivity contribution is 0.299. The van der Waals surface area contributed by atoms with Crippen LogP contribution in [0, 0.1) is 0 Å². The van der Waals surface area contributed by atoms with Gasteiger partial charge in [-0.15, -0.1) is 0 Å². The zero-order valence-electron chi connectivity index (χ0n) is 9.57. The third-order valence-electron chi connectivity index (χ3n) is 2.34. The van der Waals surface area contributed by atoms with Crippen LogP contribution >= 0.6 is 27.5 Å². The van der Waals surface area contributed by atoms with Gasteiger partial charge in [-0.1, -0.05) is 17.7 Å². The zero-order valence-corrected chi connectivity index (χ0v) is 11.9. The lowest BCUT2D eigenvalue weighted by atomic mass is 10.3. The van der Waals surface area contributed by atoms with Crippen molar-refractivity contribution in [2.24, 2.45) is 5.73 Å². The Bertz CT molecular complexity index is 548. The molecule has 2 aromatic rings. The summed E-state index contributed by atoms with van der Waals surface area (Å²) in [6, 6.07) is 11.1. The Balaban J connectivity index is 2.06. The van der Waals surface area contributed by atoms with Crippen molar-refractivity contribution in [3.05, 3.63) is 57.3 Å². The Kier molecular flexibility index (Phi) is 4.58. The lowest BCUT2D eigenvalue weighted by Crippen LogP contribution is -2.04. The Hall–Kier alpha value is -1.10. The Morgan fingerprint density at radius 3 is 2.72 bits per heavy atom. The largest absolute Gasteiger partial charge is 0.486 e. The number of ether oxygens (including phenoxy) is 1. The number of aromatic nitrogens is 1. The van der Waals surface area contributed by atoms with Gasteiger partial charge in [0.1, 0.15) is 12.4 Å². The summed E-state index contributed by atoms with van der Waals surface area (Å²) in [5.74, 6) is 0.736. The maximum Gasteiger partial charge on any atom is 0.134 e. The predicted octanol–water partition coefficient (Wildman–Crippen LogP) is 3.54. The van der Waals surface area contributed by atoms with E-state index in [1.165, 1.54) is 0 Å². The monoisotopic (exact) mass is 326 g/mol. The Morgan fingerprint density at radius 2 is 2.00 bits per heavy atom. The van der Waals surface area contributed by atoms with Gasteiger partial charge >= 0.3 is 0 Å². The molecule has 0 amide bonds. The summed E-state index contributed by atoms with van der Waals surface area (Å²) in [5.41, 5.74) is 7.24. The average Bonchev–Trinajstić information content (AvgIpc) is 2.38. The number of benzene rings is 1. The van der Waals surface area contributed by atoms with Gasteiger partial charge in [0.15, 0.2) is 0 Å². The van der Waals surface area contributed by atoms with E-state index in [4.69, 9.17) is 22.1 Å².